The Kier molecular flexibility index (Phi) is 7.44. The first-order valence-corrected chi connectivity index (χ1v) is 10.8. The summed E-state index contributed by atoms with van der Waals surface area (Å²) in [5, 5.41) is 2.98. The monoisotopic (exact) mass is 433 g/mol. The summed E-state index contributed by atoms with van der Waals surface area (Å²) in [6.45, 7) is 6.42. The molecule has 0 atom stereocenters. The number of amides is 2. The molecule has 5 nitrogen and oxygen atoms in total. The molecular formula is C22H25F2N3O2S. The molecule has 8 heteroatoms. The molecule has 30 heavy (non-hydrogen) atoms. The number of aryl methyl sites for hydroxylation is 2. The van der Waals surface area contributed by atoms with Gasteiger partial charge in [0.2, 0.25) is 11.8 Å². The van der Waals surface area contributed by atoms with E-state index < -0.39 is 11.6 Å². The molecule has 2 amide bonds. The number of piperazine rings is 1. The van der Waals surface area contributed by atoms with E-state index in [1.165, 1.54) is 12.1 Å². The van der Waals surface area contributed by atoms with Gasteiger partial charge >= 0.3 is 0 Å². The van der Waals surface area contributed by atoms with E-state index in [-0.39, 0.29) is 29.0 Å². The summed E-state index contributed by atoms with van der Waals surface area (Å²) in [6, 6.07) is 9.22. The second-order valence-corrected chi connectivity index (χ2v) is 8.35. The molecule has 0 unspecified atom stereocenters. The summed E-state index contributed by atoms with van der Waals surface area (Å²) in [5.41, 5.74) is 2.89. The van der Waals surface area contributed by atoms with Gasteiger partial charge in [-0.1, -0.05) is 18.2 Å². The maximum absolute atomic E-state index is 13.7. The Bertz CT molecular complexity index is 910. The van der Waals surface area contributed by atoms with Gasteiger partial charge in [0.1, 0.15) is 11.6 Å². The van der Waals surface area contributed by atoms with Crippen molar-refractivity contribution in [2.75, 3.05) is 43.8 Å². The molecule has 1 N–H and O–H groups in total. The maximum atomic E-state index is 13.7. The van der Waals surface area contributed by atoms with Gasteiger partial charge < -0.3 is 10.2 Å². The molecule has 2 aromatic carbocycles. The Morgan fingerprint density at radius 1 is 1.03 bits per heavy atom. The van der Waals surface area contributed by atoms with Crippen LogP contribution in [-0.4, -0.2) is 60.1 Å². The first-order chi connectivity index (χ1) is 14.3. The number of thioether (sulfide) groups is 1. The fourth-order valence-corrected chi connectivity index (χ4v) is 4.19. The Labute approximate surface area is 179 Å². The Morgan fingerprint density at radius 3 is 2.33 bits per heavy atom. The normalized spacial score (nSPS) is 14.6. The lowest BCUT2D eigenvalue weighted by molar-refractivity contribution is -0.130. The molecule has 1 heterocycles. The van der Waals surface area contributed by atoms with E-state index in [4.69, 9.17) is 0 Å². The van der Waals surface area contributed by atoms with Crippen molar-refractivity contribution in [3.63, 3.8) is 0 Å². The van der Waals surface area contributed by atoms with Gasteiger partial charge in [0, 0.05) is 42.8 Å². The van der Waals surface area contributed by atoms with Gasteiger partial charge in [-0.3, -0.25) is 14.5 Å². The van der Waals surface area contributed by atoms with Gasteiger partial charge in [-0.25, -0.2) is 8.78 Å². The second-order valence-electron chi connectivity index (χ2n) is 7.34. The van der Waals surface area contributed by atoms with E-state index in [9.17, 15) is 18.4 Å². The summed E-state index contributed by atoms with van der Waals surface area (Å²) in [5.74, 6) is -1.37. The number of hydrogen-bond acceptors (Lipinski definition) is 4. The van der Waals surface area contributed by atoms with E-state index in [2.05, 4.69) is 5.32 Å². The third-order valence-corrected chi connectivity index (χ3v) is 6.12. The smallest absolute Gasteiger partial charge is 0.238 e. The number of hydrogen-bond donors (Lipinski definition) is 1. The highest BCUT2D eigenvalue weighted by Crippen LogP contribution is 2.23. The zero-order valence-electron chi connectivity index (χ0n) is 17.1. The van der Waals surface area contributed by atoms with Crippen molar-refractivity contribution in [3.8, 4) is 0 Å². The lowest BCUT2D eigenvalue weighted by Crippen LogP contribution is -2.50. The highest BCUT2D eigenvalue weighted by molar-refractivity contribution is 8.00. The van der Waals surface area contributed by atoms with Crippen LogP contribution >= 0.6 is 11.8 Å². The fraction of sp³-hybridized carbons (Fsp3) is 0.364. The molecule has 0 aromatic heterocycles. The molecule has 160 valence electrons. The van der Waals surface area contributed by atoms with E-state index in [0.29, 0.717) is 26.2 Å². The van der Waals surface area contributed by atoms with Crippen LogP contribution in [0.15, 0.2) is 41.3 Å². The highest BCUT2D eigenvalue weighted by atomic mass is 32.2. The molecule has 1 saturated heterocycles. The van der Waals surface area contributed by atoms with Crippen LogP contribution in [0.25, 0.3) is 0 Å². The minimum atomic E-state index is -0.660. The average Bonchev–Trinajstić information content (AvgIpc) is 2.70. The van der Waals surface area contributed by atoms with Crippen LogP contribution in [0.3, 0.4) is 0 Å². The number of carbonyl (C=O) groups excluding carboxylic acids is 2. The molecule has 0 spiro atoms. The van der Waals surface area contributed by atoms with Gasteiger partial charge in [-0.2, -0.15) is 0 Å². The summed E-state index contributed by atoms with van der Waals surface area (Å²) in [4.78, 5) is 28.8. The highest BCUT2D eigenvalue weighted by Gasteiger charge is 2.23. The van der Waals surface area contributed by atoms with Crippen molar-refractivity contribution < 1.29 is 18.4 Å². The molecule has 0 aliphatic carbocycles. The summed E-state index contributed by atoms with van der Waals surface area (Å²) in [6.07, 6.45) is 0. The molecule has 0 bridgehead atoms. The standard InChI is InChI=1S/C22H25F2N3O2S/c1-15-4-3-5-16(2)22(15)25-20(28)13-26-8-10-27(11-9-26)21(29)14-30-19-7-6-17(23)12-18(19)24/h3-7,12H,8-11,13-14H2,1-2H3,(H,25,28). The van der Waals surface area contributed by atoms with Crippen molar-refractivity contribution in [2.45, 2.75) is 18.7 Å². The topological polar surface area (TPSA) is 52.7 Å². The fourth-order valence-electron chi connectivity index (χ4n) is 3.37. The van der Waals surface area contributed by atoms with Crippen LogP contribution in [0.2, 0.25) is 0 Å². The van der Waals surface area contributed by atoms with Crippen molar-refractivity contribution in [2.24, 2.45) is 0 Å². The van der Waals surface area contributed by atoms with Crippen LogP contribution in [0.4, 0.5) is 14.5 Å². The Morgan fingerprint density at radius 2 is 1.70 bits per heavy atom. The molecule has 1 aliphatic heterocycles. The predicted molar refractivity (Wildman–Crippen MR) is 115 cm³/mol. The third-order valence-electron chi connectivity index (χ3n) is 5.08. The Balaban J connectivity index is 1.44. The van der Waals surface area contributed by atoms with E-state index in [1.54, 1.807) is 4.90 Å². The van der Waals surface area contributed by atoms with Gasteiger partial charge in [0.25, 0.3) is 0 Å². The number of carbonyl (C=O) groups is 2. The van der Waals surface area contributed by atoms with Crippen molar-refractivity contribution in [1.82, 2.24) is 9.80 Å². The molecule has 1 aliphatic rings. The SMILES string of the molecule is Cc1cccc(C)c1NC(=O)CN1CCN(C(=O)CSc2ccc(F)cc2F)CC1. The van der Waals surface area contributed by atoms with Crippen molar-refractivity contribution in [1.29, 1.82) is 0 Å². The number of anilines is 1. The van der Waals surface area contributed by atoms with Crippen LogP contribution in [0.5, 0.6) is 0 Å². The third kappa shape index (κ3) is 5.79. The van der Waals surface area contributed by atoms with Crippen LogP contribution in [0.1, 0.15) is 11.1 Å². The number of rotatable bonds is 6. The minimum Gasteiger partial charge on any atom is -0.339 e. The van der Waals surface area contributed by atoms with E-state index in [0.717, 1.165) is 34.6 Å². The van der Waals surface area contributed by atoms with Crippen molar-refractivity contribution >= 4 is 29.3 Å². The molecule has 2 aromatic rings. The lowest BCUT2D eigenvalue weighted by Gasteiger charge is -2.34. The summed E-state index contributed by atoms with van der Waals surface area (Å²) >= 11 is 1.06. The van der Waals surface area contributed by atoms with Crippen LogP contribution in [0, 0.1) is 25.5 Å². The molecule has 3 rings (SSSR count). The molecule has 1 fully saturated rings. The summed E-state index contributed by atoms with van der Waals surface area (Å²) in [7, 11) is 0. The quantitative estimate of drug-likeness (QED) is 0.709. The largest absolute Gasteiger partial charge is 0.339 e. The first-order valence-electron chi connectivity index (χ1n) is 9.77. The second kappa shape index (κ2) is 10.0. The average molecular weight is 434 g/mol. The van der Waals surface area contributed by atoms with Gasteiger partial charge in [0.15, 0.2) is 0 Å². The molecule has 0 radical (unpaired) electrons. The van der Waals surface area contributed by atoms with E-state index >= 15 is 0 Å². The van der Waals surface area contributed by atoms with Crippen molar-refractivity contribution in [3.05, 3.63) is 59.2 Å². The summed E-state index contributed by atoms with van der Waals surface area (Å²) < 4.78 is 26.7. The zero-order chi connectivity index (χ0) is 21.7. The first kappa shape index (κ1) is 22.2. The number of halogens is 2. The molecule has 0 saturated carbocycles. The number of nitrogens with zero attached hydrogens (tertiary/aromatic N) is 2. The van der Waals surface area contributed by atoms with E-state index in [1.807, 2.05) is 36.9 Å². The Hall–Kier alpha value is -2.45. The predicted octanol–water partition coefficient (Wildman–Crippen LogP) is 3.46. The van der Waals surface area contributed by atoms with Crippen LogP contribution < -0.4 is 5.32 Å². The lowest BCUT2D eigenvalue weighted by atomic mass is 10.1. The maximum Gasteiger partial charge on any atom is 0.238 e. The molecular weight excluding hydrogens is 408 g/mol. The van der Waals surface area contributed by atoms with Crippen LogP contribution in [-0.2, 0) is 9.59 Å². The number of benzene rings is 2. The zero-order valence-corrected chi connectivity index (χ0v) is 17.9. The van der Waals surface area contributed by atoms with Gasteiger partial charge in [0.05, 0.1) is 12.3 Å². The van der Waals surface area contributed by atoms with Gasteiger partial charge in [-0.05, 0) is 37.1 Å². The minimum absolute atomic E-state index is 0.0745. The number of para-hydroxylation sites is 1. The van der Waals surface area contributed by atoms with Gasteiger partial charge in [-0.15, -0.1) is 11.8 Å². The number of nitrogens with one attached hydrogen (secondary N) is 1.